The Hall–Kier alpha value is -3.46. The van der Waals surface area contributed by atoms with Gasteiger partial charge in [-0.1, -0.05) is 79.9 Å². The van der Waals surface area contributed by atoms with E-state index in [-0.39, 0.29) is 27.2 Å². The third kappa shape index (κ3) is 6.41. The van der Waals surface area contributed by atoms with E-state index in [1.807, 2.05) is 51.1 Å². The van der Waals surface area contributed by atoms with E-state index >= 15 is 0 Å². The normalized spacial score (nSPS) is 13.3. The monoisotopic (exact) mass is 567 g/mol. The van der Waals surface area contributed by atoms with Crippen molar-refractivity contribution in [2.45, 2.75) is 51.5 Å². The Bertz CT molecular complexity index is 1660. The Morgan fingerprint density at radius 2 is 1.72 bits per heavy atom. The summed E-state index contributed by atoms with van der Waals surface area (Å²) in [4.78, 5) is 26.1. The predicted molar refractivity (Wildman–Crippen MR) is 152 cm³/mol. The van der Waals surface area contributed by atoms with Gasteiger partial charge in [0.1, 0.15) is 11.6 Å². The van der Waals surface area contributed by atoms with Crippen molar-refractivity contribution in [2.75, 3.05) is 0 Å². The van der Waals surface area contributed by atoms with Gasteiger partial charge in [0, 0.05) is 23.4 Å². The van der Waals surface area contributed by atoms with Crippen molar-refractivity contribution in [2.24, 2.45) is 5.92 Å². The zero-order chi connectivity index (χ0) is 28.3. The highest BCUT2D eigenvalue weighted by atomic mass is 35.5. The average molecular weight is 568 g/mol. The SMILES string of the molecule is CCC(C)C(NS(=O)(=O)c1ccc(C)cc1)C(=O)Oc1cc2oc(=O)c(Cc3ccccc3)c(C)c2cc1Cl. The summed E-state index contributed by atoms with van der Waals surface area (Å²) in [6, 6.07) is 17.7. The third-order valence-electron chi connectivity index (χ3n) is 6.85. The van der Waals surface area contributed by atoms with E-state index in [2.05, 4.69) is 4.72 Å². The lowest BCUT2D eigenvalue weighted by Crippen LogP contribution is -2.46. The Labute approximate surface area is 232 Å². The van der Waals surface area contributed by atoms with E-state index in [1.165, 1.54) is 18.2 Å². The fraction of sp³-hybridized carbons (Fsp3) is 0.267. The molecule has 39 heavy (non-hydrogen) atoms. The van der Waals surface area contributed by atoms with Gasteiger partial charge in [-0.25, -0.2) is 18.0 Å². The first-order chi connectivity index (χ1) is 18.5. The summed E-state index contributed by atoms with van der Waals surface area (Å²) in [5.41, 5.74) is 2.82. The van der Waals surface area contributed by atoms with Crippen LogP contribution in [0.1, 0.15) is 42.5 Å². The summed E-state index contributed by atoms with van der Waals surface area (Å²) in [6.45, 7) is 7.27. The Kier molecular flexibility index (Phi) is 8.59. The second kappa shape index (κ2) is 11.7. The molecule has 3 aromatic carbocycles. The smallest absolute Gasteiger partial charge is 0.340 e. The van der Waals surface area contributed by atoms with Crippen molar-refractivity contribution in [3.8, 4) is 5.75 Å². The highest BCUT2D eigenvalue weighted by Gasteiger charge is 2.32. The van der Waals surface area contributed by atoms with Crippen LogP contribution in [0.5, 0.6) is 5.75 Å². The van der Waals surface area contributed by atoms with Crippen molar-refractivity contribution in [1.29, 1.82) is 0 Å². The maximum atomic E-state index is 13.3. The standard InChI is InChI=1S/C30H30ClNO6S/c1-5-19(3)28(32-39(35,36)22-13-11-18(2)12-14-22)30(34)38-27-17-26-23(16-25(27)31)20(4)24(29(33)37-26)15-21-9-7-6-8-10-21/h6-14,16-17,19,28,32H,5,15H2,1-4H3. The van der Waals surface area contributed by atoms with Crippen molar-refractivity contribution in [3.63, 3.8) is 0 Å². The molecule has 1 aromatic heterocycles. The molecule has 0 aliphatic heterocycles. The average Bonchev–Trinajstić information content (AvgIpc) is 2.91. The second-order valence-corrected chi connectivity index (χ2v) is 11.8. The molecule has 0 aliphatic rings. The first-order valence-electron chi connectivity index (χ1n) is 12.6. The van der Waals surface area contributed by atoms with E-state index in [1.54, 1.807) is 25.1 Å². The molecule has 4 rings (SSSR count). The molecule has 1 N–H and O–H groups in total. The molecule has 7 nitrogen and oxygen atoms in total. The molecule has 0 aliphatic carbocycles. The van der Waals surface area contributed by atoms with Gasteiger partial charge >= 0.3 is 11.6 Å². The summed E-state index contributed by atoms with van der Waals surface area (Å²) < 4.78 is 39.7. The van der Waals surface area contributed by atoms with Gasteiger partial charge in [0.05, 0.1) is 9.92 Å². The summed E-state index contributed by atoms with van der Waals surface area (Å²) in [6.07, 6.45) is 0.914. The molecule has 9 heteroatoms. The summed E-state index contributed by atoms with van der Waals surface area (Å²) in [5.74, 6) is -1.23. The maximum Gasteiger partial charge on any atom is 0.340 e. The van der Waals surface area contributed by atoms with Gasteiger partial charge in [-0.15, -0.1) is 0 Å². The number of hydrogen-bond donors (Lipinski definition) is 1. The Morgan fingerprint density at radius 1 is 1.05 bits per heavy atom. The van der Waals surface area contributed by atoms with Crippen molar-refractivity contribution in [1.82, 2.24) is 4.72 Å². The van der Waals surface area contributed by atoms with Crippen molar-refractivity contribution >= 4 is 38.6 Å². The third-order valence-corrected chi connectivity index (χ3v) is 8.61. The summed E-state index contributed by atoms with van der Waals surface area (Å²) in [7, 11) is -4.00. The number of rotatable bonds is 9. The molecule has 204 valence electrons. The van der Waals surface area contributed by atoms with Crippen LogP contribution in [0.15, 0.2) is 80.8 Å². The molecule has 0 saturated carbocycles. The fourth-order valence-electron chi connectivity index (χ4n) is 4.23. The second-order valence-electron chi connectivity index (χ2n) is 9.65. The van der Waals surface area contributed by atoms with Crippen LogP contribution in [0, 0.1) is 19.8 Å². The lowest BCUT2D eigenvalue weighted by molar-refractivity contribution is -0.137. The maximum absolute atomic E-state index is 13.3. The lowest BCUT2D eigenvalue weighted by atomic mass is 9.99. The molecule has 0 radical (unpaired) electrons. The van der Waals surface area contributed by atoms with Crippen LogP contribution in [0.2, 0.25) is 5.02 Å². The van der Waals surface area contributed by atoms with E-state index in [0.29, 0.717) is 29.4 Å². The number of carbonyl (C=O) groups excluding carboxylic acids is 1. The largest absolute Gasteiger partial charge is 0.424 e. The highest BCUT2D eigenvalue weighted by Crippen LogP contribution is 2.33. The van der Waals surface area contributed by atoms with Gasteiger partial charge in [-0.3, -0.25) is 0 Å². The van der Waals surface area contributed by atoms with E-state index in [9.17, 15) is 18.0 Å². The Balaban J connectivity index is 1.63. The minimum absolute atomic E-state index is 0.0321. The number of ether oxygens (including phenoxy) is 1. The van der Waals surface area contributed by atoms with Gasteiger partial charge in [0.15, 0.2) is 5.75 Å². The quantitative estimate of drug-likeness (QED) is 0.152. The fourth-order valence-corrected chi connectivity index (χ4v) is 5.72. The molecule has 0 fully saturated rings. The number of sulfonamides is 1. The summed E-state index contributed by atoms with van der Waals surface area (Å²) >= 11 is 6.50. The van der Waals surface area contributed by atoms with E-state index in [0.717, 1.165) is 11.1 Å². The van der Waals surface area contributed by atoms with Crippen LogP contribution in [0.25, 0.3) is 11.0 Å². The molecule has 4 aromatic rings. The number of aryl methyl sites for hydroxylation is 2. The molecule has 0 bridgehead atoms. The first kappa shape index (κ1) is 28.5. The van der Waals surface area contributed by atoms with E-state index < -0.39 is 27.7 Å². The molecular weight excluding hydrogens is 538 g/mol. The van der Waals surface area contributed by atoms with Crippen molar-refractivity contribution < 1.29 is 22.4 Å². The van der Waals surface area contributed by atoms with Crippen LogP contribution in [-0.4, -0.2) is 20.4 Å². The van der Waals surface area contributed by atoms with Crippen LogP contribution in [-0.2, 0) is 21.2 Å². The zero-order valence-corrected chi connectivity index (χ0v) is 23.7. The van der Waals surface area contributed by atoms with Crippen molar-refractivity contribution in [3.05, 3.63) is 104 Å². The lowest BCUT2D eigenvalue weighted by Gasteiger charge is -2.23. The molecule has 2 unspecified atom stereocenters. The van der Waals surface area contributed by atoms with Crippen LogP contribution in [0.3, 0.4) is 0 Å². The molecule has 2 atom stereocenters. The number of nitrogens with one attached hydrogen (secondary N) is 1. The molecular formula is C30H30ClNO6S. The predicted octanol–water partition coefficient (Wildman–Crippen LogP) is 5.95. The number of fused-ring (bicyclic) bond motifs is 1. The van der Waals surface area contributed by atoms with Gasteiger partial charge in [-0.05, 0) is 49.1 Å². The van der Waals surface area contributed by atoms with Crippen LogP contribution in [0.4, 0.5) is 0 Å². The highest BCUT2D eigenvalue weighted by molar-refractivity contribution is 7.89. The number of carbonyl (C=O) groups is 1. The van der Waals surface area contributed by atoms with Gasteiger partial charge < -0.3 is 9.15 Å². The van der Waals surface area contributed by atoms with E-state index in [4.69, 9.17) is 20.8 Å². The number of esters is 1. The van der Waals surface area contributed by atoms with Gasteiger partial charge in [-0.2, -0.15) is 4.72 Å². The number of hydrogen-bond acceptors (Lipinski definition) is 6. The van der Waals surface area contributed by atoms with Gasteiger partial charge in [0.2, 0.25) is 10.0 Å². The summed E-state index contributed by atoms with van der Waals surface area (Å²) in [5, 5.41) is 0.742. The van der Waals surface area contributed by atoms with Crippen LogP contribution < -0.4 is 15.1 Å². The van der Waals surface area contributed by atoms with Gasteiger partial charge in [0.25, 0.3) is 0 Å². The molecule has 0 amide bonds. The molecule has 0 saturated heterocycles. The zero-order valence-electron chi connectivity index (χ0n) is 22.2. The number of benzene rings is 3. The number of halogens is 1. The molecule has 0 spiro atoms. The molecule has 1 heterocycles. The minimum atomic E-state index is -4.00. The first-order valence-corrected chi connectivity index (χ1v) is 14.5. The topological polar surface area (TPSA) is 103 Å². The van der Waals surface area contributed by atoms with Crippen LogP contribution >= 0.6 is 11.6 Å². The minimum Gasteiger partial charge on any atom is -0.424 e. The Morgan fingerprint density at radius 3 is 2.36 bits per heavy atom.